The summed E-state index contributed by atoms with van der Waals surface area (Å²) in [5.41, 5.74) is 0.835. The highest BCUT2D eigenvalue weighted by Crippen LogP contribution is 2.25. The van der Waals surface area contributed by atoms with Gasteiger partial charge in [0, 0.05) is 0 Å². The Kier molecular flexibility index (Phi) is 3.94. The highest BCUT2D eigenvalue weighted by Gasteiger charge is 2.15. The Balaban J connectivity index is 3.15. The van der Waals surface area contributed by atoms with Gasteiger partial charge in [-0.05, 0) is 23.1 Å². The van der Waals surface area contributed by atoms with E-state index in [1.165, 1.54) is 0 Å². The molecule has 0 amide bonds. The van der Waals surface area contributed by atoms with Gasteiger partial charge in [0.25, 0.3) is 0 Å². The van der Waals surface area contributed by atoms with Crippen LogP contribution in [0.2, 0.25) is 0 Å². The largest absolute Gasteiger partial charge is 0.497 e. The average Bonchev–Trinajstić information content (AvgIpc) is 2.25. The lowest BCUT2D eigenvalue weighted by Gasteiger charge is -2.14. The summed E-state index contributed by atoms with van der Waals surface area (Å²) in [6, 6.07) is 7.03. The average molecular weight is 234 g/mol. The van der Waals surface area contributed by atoms with Gasteiger partial charge in [0.2, 0.25) is 0 Å². The lowest BCUT2D eigenvalue weighted by atomic mass is 9.91. The first kappa shape index (κ1) is 13.3. The third kappa shape index (κ3) is 3.94. The summed E-state index contributed by atoms with van der Waals surface area (Å²) in [5, 5.41) is 9.22. The predicted octanol–water partition coefficient (Wildman–Crippen LogP) is 3.21. The number of methoxy groups -OCH3 is 1. The molecule has 0 aliphatic heterocycles. The molecule has 0 fully saturated rings. The Morgan fingerprint density at radius 1 is 1.24 bits per heavy atom. The number of hydrogen-bond donors (Lipinski definition) is 1. The minimum Gasteiger partial charge on any atom is -0.497 e. The predicted molar refractivity (Wildman–Crippen MR) is 68.1 cm³/mol. The van der Waals surface area contributed by atoms with Gasteiger partial charge in [-0.3, -0.25) is 0 Å². The monoisotopic (exact) mass is 234 g/mol. The van der Waals surface area contributed by atoms with Crippen LogP contribution in [-0.2, 0) is 4.79 Å². The SMILES string of the molecule is COc1ccc(/C(=C\C(C)(C)C)C(=O)O)cc1. The fraction of sp³-hybridized carbons (Fsp3) is 0.357. The third-order valence-corrected chi connectivity index (χ3v) is 2.21. The summed E-state index contributed by atoms with van der Waals surface area (Å²) in [6.07, 6.45) is 1.76. The summed E-state index contributed by atoms with van der Waals surface area (Å²) in [6.45, 7) is 5.92. The number of allylic oxidation sites excluding steroid dienone is 1. The molecule has 0 aliphatic rings. The molecule has 1 aromatic carbocycles. The lowest BCUT2D eigenvalue weighted by molar-refractivity contribution is -0.130. The molecule has 0 radical (unpaired) electrons. The van der Waals surface area contributed by atoms with Crippen LogP contribution in [0.25, 0.3) is 5.57 Å². The molecule has 1 aromatic rings. The highest BCUT2D eigenvalue weighted by molar-refractivity contribution is 6.15. The van der Waals surface area contributed by atoms with Crippen LogP contribution in [0, 0.1) is 5.41 Å². The first-order valence-electron chi connectivity index (χ1n) is 5.44. The number of carboxylic acid groups (broad SMARTS) is 1. The molecular formula is C14H18O3. The van der Waals surface area contributed by atoms with E-state index in [1.807, 2.05) is 20.8 Å². The quantitative estimate of drug-likeness (QED) is 0.817. The Bertz CT molecular complexity index is 422. The maximum absolute atomic E-state index is 11.2. The number of carbonyl (C=O) groups is 1. The van der Waals surface area contributed by atoms with Crippen molar-refractivity contribution in [2.75, 3.05) is 7.11 Å². The van der Waals surface area contributed by atoms with Gasteiger partial charge in [-0.25, -0.2) is 4.79 Å². The standard InChI is InChI=1S/C14H18O3/c1-14(2,3)9-12(13(15)16)10-5-7-11(17-4)8-6-10/h5-9H,1-4H3,(H,15,16)/b12-9+. The van der Waals surface area contributed by atoms with E-state index >= 15 is 0 Å². The number of benzene rings is 1. The van der Waals surface area contributed by atoms with E-state index in [0.717, 1.165) is 0 Å². The van der Waals surface area contributed by atoms with Crippen molar-refractivity contribution >= 4 is 11.5 Å². The van der Waals surface area contributed by atoms with Crippen molar-refractivity contribution < 1.29 is 14.6 Å². The number of ether oxygens (including phenoxy) is 1. The van der Waals surface area contributed by atoms with Crippen LogP contribution < -0.4 is 4.74 Å². The molecular weight excluding hydrogens is 216 g/mol. The molecule has 0 aromatic heterocycles. The van der Waals surface area contributed by atoms with Crippen LogP contribution in [0.15, 0.2) is 30.3 Å². The number of hydrogen-bond acceptors (Lipinski definition) is 2. The minimum atomic E-state index is -0.912. The smallest absolute Gasteiger partial charge is 0.335 e. The summed E-state index contributed by atoms with van der Waals surface area (Å²) in [5.74, 6) is -0.195. The zero-order valence-corrected chi connectivity index (χ0v) is 10.7. The Labute approximate surface area is 102 Å². The molecule has 0 saturated heterocycles. The van der Waals surface area contributed by atoms with Gasteiger partial charge < -0.3 is 9.84 Å². The molecule has 0 unspecified atom stereocenters. The van der Waals surface area contributed by atoms with E-state index in [4.69, 9.17) is 4.74 Å². The minimum absolute atomic E-state index is 0.173. The molecule has 0 heterocycles. The van der Waals surface area contributed by atoms with Crippen molar-refractivity contribution in [3.63, 3.8) is 0 Å². The van der Waals surface area contributed by atoms with Crippen molar-refractivity contribution in [2.24, 2.45) is 5.41 Å². The molecule has 1 N–H and O–H groups in total. The van der Waals surface area contributed by atoms with Gasteiger partial charge in [0.05, 0.1) is 12.7 Å². The molecule has 17 heavy (non-hydrogen) atoms. The molecule has 0 bridgehead atoms. The molecule has 0 saturated carbocycles. The van der Waals surface area contributed by atoms with E-state index in [-0.39, 0.29) is 5.41 Å². The first-order chi connectivity index (χ1) is 7.83. The third-order valence-electron chi connectivity index (χ3n) is 2.21. The Morgan fingerprint density at radius 3 is 2.12 bits per heavy atom. The van der Waals surface area contributed by atoms with Crippen molar-refractivity contribution in [2.45, 2.75) is 20.8 Å². The molecule has 0 spiro atoms. The van der Waals surface area contributed by atoms with Crippen LogP contribution in [0.5, 0.6) is 5.75 Å². The molecule has 0 aliphatic carbocycles. The van der Waals surface area contributed by atoms with Crippen LogP contribution >= 0.6 is 0 Å². The van der Waals surface area contributed by atoms with E-state index in [2.05, 4.69) is 0 Å². The maximum Gasteiger partial charge on any atom is 0.335 e. The highest BCUT2D eigenvalue weighted by atomic mass is 16.5. The van der Waals surface area contributed by atoms with Crippen molar-refractivity contribution in [3.8, 4) is 5.75 Å². The zero-order valence-electron chi connectivity index (χ0n) is 10.7. The van der Waals surface area contributed by atoms with Gasteiger partial charge in [0.15, 0.2) is 0 Å². The summed E-state index contributed by atoms with van der Waals surface area (Å²) in [7, 11) is 1.58. The van der Waals surface area contributed by atoms with Gasteiger partial charge in [-0.15, -0.1) is 0 Å². The normalized spacial score (nSPS) is 12.4. The fourth-order valence-corrected chi connectivity index (χ4v) is 1.47. The summed E-state index contributed by atoms with van der Waals surface area (Å²) < 4.78 is 5.04. The lowest BCUT2D eigenvalue weighted by Crippen LogP contribution is -2.07. The van der Waals surface area contributed by atoms with Gasteiger partial charge in [-0.1, -0.05) is 39.0 Å². The van der Waals surface area contributed by atoms with Gasteiger partial charge >= 0.3 is 5.97 Å². The summed E-state index contributed by atoms with van der Waals surface area (Å²) in [4.78, 5) is 11.2. The molecule has 3 heteroatoms. The van der Waals surface area contributed by atoms with E-state index in [1.54, 1.807) is 37.5 Å². The van der Waals surface area contributed by atoms with Crippen LogP contribution in [-0.4, -0.2) is 18.2 Å². The van der Waals surface area contributed by atoms with E-state index < -0.39 is 5.97 Å². The van der Waals surface area contributed by atoms with Crippen molar-refractivity contribution in [3.05, 3.63) is 35.9 Å². The van der Waals surface area contributed by atoms with Crippen LogP contribution in [0.1, 0.15) is 26.3 Å². The number of aliphatic carboxylic acids is 1. The van der Waals surface area contributed by atoms with Gasteiger partial charge in [0.1, 0.15) is 5.75 Å². The van der Waals surface area contributed by atoms with Crippen LogP contribution in [0.3, 0.4) is 0 Å². The molecule has 3 nitrogen and oxygen atoms in total. The second-order valence-corrected chi connectivity index (χ2v) is 4.96. The molecule has 1 rings (SSSR count). The zero-order chi connectivity index (χ0) is 13.1. The molecule has 92 valence electrons. The number of carboxylic acids is 1. The summed E-state index contributed by atoms with van der Waals surface area (Å²) >= 11 is 0. The van der Waals surface area contributed by atoms with E-state index in [0.29, 0.717) is 16.9 Å². The Hall–Kier alpha value is -1.77. The van der Waals surface area contributed by atoms with Crippen LogP contribution in [0.4, 0.5) is 0 Å². The first-order valence-corrected chi connectivity index (χ1v) is 5.44. The van der Waals surface area contributed by atoms with Gasteiger partial charge in [-0.2, -0.15) is 0 Å². The van der Waals surface area contributed by atoms with Crippen molar-refractivity contribution in [1.29, 1.82) is 0 Å². The molecule has 0 atom stereocenters. The van der Waals surface area contributed by atoms with E-state index in [9.17, 15) is 9.90 Å². The maximum atomic E-state index is 11.2. The second kappa shape index (κ2) is 5.04. The number of rotatable bonds is 3. The van der Waals surface area contributed by atoms with Crippen molar-refractivity contribution in [1.82, 2.24) is 0 Å². The Morgan fingerprint density at radius 2 is 1.76 bits per heavy atom. The topological polar surface area (TPSA) is 46.5 Å². The fourth-order valence-electron chi connectivity index (χ4n) is 1.47. The second-order valence-electron chi connectivity index (χ2n) is 4.96.